The molecule has 1 aliphatic carbocycles. The molecule has 0 unspecified atom stereocenters. The third-order valence-corrected chi connectivity index (χ3v) is 5.34. The predicted octanol–water partition coefficient (Wildman–Crippen LogP) is 3.14. The highest BCUT2D eigenvalue weighted by atomic mass is 32.2. The van der Waals surface area contributed by atoms with Crippen molar-refractivity contribution < 1.29 is 19.1 Å². The lowest BCUT2D eigenvalue weighted by Gasteiger charge is -2.23. The number of carbonyl (C=O) groups is 1. The second kappa shape index (κ2) is 5.48. The zero-order valence-corrected chi connectivity index (χ0v) is 12.5. The van der Waals surface area contributed by atoms with E-state index in [1.807, 2.05) is 24.3 Å². The number of rotatable bonds is 5. The SMILES string of the molecule is COc1ccc(CSC2(C(=O)O)Cc3cocc3C2)cc1. The van der Waals surface area contributed by atoms with Gasteiger partial charge in [-0.15, -0.1) is 11.8 Å². The Morgan fingerprint density at radius 2 is 1.90 bits per heavy atom. The molecule has 110 valence electrons. The number of furan rings is 1. The van der Waals surface area contributed by atoms with Gasteiger partial charge in [0.25, 0.3) is 0 Å². The van der Waals surface area contributed by atoms with Gasteiger partial charge in [0.15, 0.2) is 0 Å². The molecule has 0 radical (unpaired) electrons. The second-order valence-corrected chi connectivity index (χ2v) is 6.57. The Labute approximate surface area is 127 Å². The molecule has 0 bridgehead atoms. The zero-order chi connectivity index (χ0) is 14.9. The highest BCUT2D eigenvalue weighted by molar-refractivity contribution is 8.00. The first-order chi connectivity index (χ1) is 10.1. The van der Waals surface area contributed by atoms with Crippen molar-refractivity contribution in [3.63, 3.8) is 0 Å². The van der Waals surface area contributed by atoms with Crippen LogP contribution in [0.25, 0.3) is 0 Å². The number of hydrogen-bond donors (Lipinski definition) is 1. The number of ether oxygens (including phenoxy) is 1. The van der Waals surface area contributed by atoms with Crippen molar-refractivity contribution in [1.82, 2.24) is 0 Å². The van der Waals surface area contributed by atoms with Gasteiger partial charge >= 0.3 is 5.97 Å². The molecule has 3 rings (SSSR count). The maximum Gasteiger partial charge on any atom is 0.320 e. The van der Waals surface area contributed by atoms with Crippen molar-refractivity contribution in [3.8, 4) is 5.75 Å². The Kier molecular flexibility index (Phi) is 3.68. The minimum atomic E-state index is -0.776. The van der Waals surface area contributed by atoms with Crippen molar-refractivity contribution in [2.24, 2.45) is 0 Å². The summed E-state index contributed by atoms with van der Waals surface area (Å²) in [6.45, 7) is 0. The van der Waals surface area contributed by atoms with Crippen LogP contribution in [0.1, 0.15) is 16.7 Å². The van der Waals surface area contributed by atoms with E-state index in [0.717, 1.165) is 22.4 Å². The number of benzene rings is 1. The minimum Gasteiger partial charge on any atom is -0.497 e. The molecule has 0 saturated heterocycles. The monoisotopic (exact) mass is 304 g/mol. The van der Waals surface area contributed by atoms with Crippen LogP contribution in [0.2, 0.25) is 0 Å². The highest BCUT2D eigenvalue weighted by Gasteiger charge is 2.45. The van der Waals surface area contributed by atoms with Gasteiger partial charge in [0.2, 0.25) is 0 Å². The number of fused-ring (bicyclic) bond motifs is 1. The van der Waals surface area contributed by atoms with E-state index >= 15 is 0 Å². The van der Waals surface area contributed by atoms with Gasteiger partial charge < -0.3 is 14.3 Å². The molecular weight excluding hydrogens is 288 g/mol. The van der Waals surface area contributed by atoms with Gasteiger partial charge in [-0.05, 0) is 28.8 Å². The molecule has 4 nitrogen and oxygen atoms in total. The fourth-order valence-electron chi connectivity index (χ4n) is 2.60. The van der Waals surface area contributed by atoms with Crippen LogP contribution in [0.15, 0.2) is 41.2 Å². The maximum atomic E-state index is 11.7. The number of carboxylic acids is 1. The summed E-state index contributed by atoms with van der Waals surface area (Å²) in [5.41, 5.74) is 3.12. The van der Waals surface area contributed by atoms with Crippen LogP contribution >= 0.6 is 11.8 Å². The van der Waals surface area contributed by atoms with Crippen molar-refractivity contribution in [2.45, 2.75) is 23.3 Å². The van der Waals surface area contributed by atoms with Gasteiger partial charge in [0, 0.05) is 18.6 Å². The Bertz CT molecular complexity index is 624. The number of aliphatic carboxylic acids is 1. The van der Waals surface area contributed by atoms with E-state index < -0.39 is 10.7 Å². The van der Waals surface area contributed by atoms with Gasteiger partial charge in [0.05, 0.1) is 19.6 Å². The molecule has 21 heavy (non-hydrogen) atoms. The van der Waals surface area contributed by atoms with Crippen LogP contribution in [-0.2, 0) is 23.4 Å². The summed E-state index contributed by atoms with van der Waals surface area (Å²) in [6.07, 6.45) is 4.37. The lowest BCUT2D eigenvalue weighted by atomic mass is 10.1. The molecule has 1 N–H and O–H groups in total. The van der Waals surface area contributed by atoms with Crippen LogP contribution in [0, 0.1) is 0 Å². The molecule has 0 spiro atoms. The van der Waals surface area contributed by atoms with Crippen LogP contribution in [0.5, 0.6) is 5.75 Å². The Morgan fingerprint density at radius 1 is 1.29 bits per heavy atom. The number of carboxylic acid groups (broad SMARTS) is 1. The fraction of sp³-hybridized carbons (Fsp3) is 0.312. The molecule has 1 aromatic heterocycles. The Hall–Kier alpha value is -1.88. The van der Waals surface area contributed by atoms with E-state index in [0.29, 0.717) is 18.6 Å². The normalized spacial score (nSPS) is 15.7. The summed E-state index contributed by atoms with van der Waals surface area (Å²) in [5.74, 6) is 0.717. The molecule has 0 atom stereocenters. The fourth-order valence-corrected chi connectivity index (χ4v) is 3.87. The van der Waals surface area contributed by atoms with Crippen molar-refractivity contribution in [3.05, 3.63) is 53.5 Å². The molecule has 1 aliphatic rings. The third-order valence-electron chi connectivity index (χ3n) is 3.85. The summed E-state index contributed by atoms with van der Waals surface area (Å²) in [6, 6.07) is 7.73. The lowest BCUT2D eigenvalue weighted by Crippen LogP contribution is -2.36. The van der Waals surface area contributed by atoms with Gasteiger partial charge in [-0.25, -0.2) is 0 Å². The van der Waals surface area contributed by atoms with E-state index in [1.54, 1.807) is 19.6 Å². The van der Waals surface area contributed by atoms with Gasteiger partial charge in [0.1, 0.15) is 10.5 Å². The number of methoxy groups -OCH3 is 1. The van der Waals surface area contributed by atoms with E-state index in [4.69, 9.17) is 9.15 Å². The van der Waals surface area contributed by atoms with Crippen molar-refractivity contribution >= 4 is 17.7 Å². The van der Waals surface area contributed by atoms with E-state index in [9.17, 15) is 9.90 Å². The number of hydrogen-bond acceptors (Lipinski definition) is 4. The Balaban J connectivity index is 1.72. The summed E-state index contributed by atoms with van der Waals surface area (Å²) in [5, 5.41) is 9.64. The summed E-state index contributed by atoms with van der Waals surface area (Å²) in [4.78, 5) is 11.7. The highest BCUT2D eigenvalue weighted by Crippen LogP contribution is 2.42. The average molecular weight is 304 g/mol. The Morgan fingerprint density at radius 3 is 2.43 bits per heavy atom. The maximum absolute atomic E-state index is 11.7. The minimum absolute atomic E-state index is 0.523. The van der Waals surface area contributed by atoms with Crippen molar-refractivity contribution in [1.29, 1.82) is 0 Å². The van der Waals surface area contributed by atoms with Gasteiger partial charge in [-0.2, -0.15) is 0 Å². The number of thioether (sulfide) groups is 1. The molecule has 1 aromatic carbocycles. The summed E-state index contributed by atoms with van der Waals surface area (Å²) < 4.78 is 9.48. The molecule has 0 fully saturated rings. The first-order valence-electron chi connectivity index (χ1n) is 6.67. The van der Waals surface area contributed by atoms with Gasteiger partial charge in [-0.3, -0.25) is 4.79 Å². The lowest BCUT2D eigenvalue weighted by molar-refractivity contribution is -0.139. The second-order valence-electron chi connectivity index (χ2n) is 5.21. The van der Waals surface area contributed by atoms with E-state index in [-0.39, 0.29) is 0 Å². The van der Waals surface area contributed by atoms with Crippen LogP contribution < -0.4 is 4.74 Å². The van der Waals surface area contributed by atoms with Crippen molar-refractivity contribution in [2.75, 3.05) is 7.11 Å². The average Bonchev–Trinajstić information content (AvgIpc) is 3.05. The molecule has 0 aliphatic heterocycles. The van der Waals surface area contributed by atoms with E-state index in [2.05, 4.69) is 0 Å². The zero-order valence-electron chi connectivity index (χ0n) is 11.7. The van der Waals surface area contributed by atoms with Crippen LogP contribution in [0.3, 0.4) is 0 Å². The molecule has 5 heteroatoms. The van der Waals surface area contributed by atoms with Crippen LogP contribution in [-0.4, -0.2) is 22.9 Å². The van der Waals surface area contributed by atoms with E-state index in [1.165, 1.54) is 11.8 Å². The topological polar surface area (TPSA) is 59.7 Å². The smallest absolute Gasteiger partial charge is 0.320 e. The largest absolute Gasteiger partial charge is 0.497 e. The molecule has 1 heterocycles. The molecule has 0 amide bonds. The third kappa shape index (κ3) is 2.65. The first-order valence-corrected chi connectivity index (χ1v) is 7.66. The molecule has 2 aromatic rings. The molecule has 0 saturated carbocycles. The van der Waals surface area contributed by atoms with Gasteiger partial charge in [-0.1, -0.05) is 12.1 Å². The summed E-state index contributed by atoms with van der Waals surface area (Å²) >= 11 is 1.49. The first kappa shape index (κ1) is 14.1. The quantitative estimate of drug-likeness (QED) is 0.919. The van der Waals surface area contributed by atoms with Crippen LogP contribution in [0.4, 0.5) is 0 Å². The standard InChI is InChI=1S/C16H16O4S/c1-19-14-4-2-11(3-5-14)10-21-16(15(17)18)6-12-8-20-9-13(12)7-16/h2-5,8-9H,6-7,10H2,1H3,(H,17,18). The molecular formula is C16H16O4S. The predicted molar refractivity (Wildman–Crippen MR) is 80.8 cm³/mol. The summed E-state index contributed by atoms with van der Waals surface area (Å²) in [7, 11) is 1.63.